The zero-order valence-corrected chi connectivity index (χ0v) is 19.1. The Bertz CT molecular complexity index is 861. The largest absolute Gasteiger partial charge is 0.354 e. The maximum Gasteiger partial charge on any atom is 0.242 e. The molecule has 0 spiro atoms. The molecule has 3 rings (SSSR count). The molecule has 0 saturated carbocycles. The summed E-state index contributed by atoms with van der Waals surface area (Å²) < 4.78 is 2.30. The number of aryl methyl sites for hydroxylation is 1. The molecule has 2 heterocycles. The van der Waals surface area contributed by atoms with Crippen molar-refractivity contribution in [2.75, 3.05) is 12.3 Å². The van der Waals surface area contributed by atoms with Gasteiger partial charge in [-0.05, 0) is 36.8 Å². The van der Waals surface area contributed by atoms with Crippen molar-refractivity contribution in [3.05, 3.63) is 36.0 Å². The second-order valence-corrected chi connectivity index (χ2v) is 9.21. The highest BCUT2D eigenvalue weighted by atomic mass is 32.1. The van der Waals surface area contributed by atoms with Crippen LogP contribution < -0.4 is 10.6 Å². The number of fused-ring (bicyclic) bond motifs is 5. The smallest absolute Gasteiger partial charge is 0.242 e. The molecular formula is C24H35N3O2S. The highest BCUT2D eigenvalue weighted by molar-refractivity contribution is 7.80. The number of carbonyl (C=O) groups is 2. The van der Waals surface area contributed by atoms with Gasteiger partial charge in [-0.15, -0.1) is 0 Å². The molecule has 2 aromatic rings. The standard InChI is InChI=1S/C24H35N3O2S/c1-17(2)13-19(16-30)23(28)26-21-14-18-15-27(22-10-6-5-9-20(18)22)12-8-4-3-7-11-25-24(21)29/h5-6,9-10,15,17,19,21,30H,3-4,7-8,11-14,16H2,1-2H3,(H,25,29)(H,26,28)/t19?,21-/m0/s1. The molecule has 0 fully saturated rings. The number of amides is 2. The average Bonchev–Trinajstić information content (AvgIpc) is 3.08. The van der Waals surface area contributed by atoms with Crippen molar-refractivity contribution in [3.8, 4) is 0 Å². The molecule has 0 saturated heterocycles. The number of thiol groups is 1. The lowest BCUT2D eigenvalue weighted by Gasteiger charge is -2.22. The van der Waals surface area contributed by atoms with Gasteiger partial charge < -0.3 is 15.2 Å². The van der Waals surface area contributed by atoms with Gasteiger partial charge in [0.25, 0.3) is 0 Å². The minimum absolute atomic E-state index is 0.0769. The van der Waals surface area contributed by atoms with Gasteiger partial charge in [-0.3, -0.25) is 9.59 Å². The van der Waals surface area contributed by atoms with Crippen molar-refractivity contribution < 1.29 is 9.59 Å². The number of para-hydroxylation sites is 1. The lowest BCUT2D eigenvalue weighted by Crippen LogP contribution is -2.50. The van der Waals surface area contributed by atoms with Crippen LogP contribution in [0.3, 0.4) is 0 Å². The van der Waals surface area contributed by atoms with Gasteiger partial charge in [0.1, 0.15) is 6.04 Å². The first kappa shape index (κ1) is 22.7. The van der Waals surface area contributed by atoms with Crippen molar-refractivity contribution in [1.29, 1.82) is 0 Å². The number of nitrogens with zero attached hydrogens (tertiary/aromatic N) is 1. The predicted octanol–water partition coefficient (Wildman–Crippen LogP) is 3.95. The summed E-state index contributed by atoms with van der Waals surface area (Å²) in [6, 6.07) is 7.76. The molecule has 2 amide bonds. The second-order valence-electron chi connectivity index (χ2n) is 8.84. The van der Waals surface area contributed by atoms with Crippen LogP contribution in [-0.2, 0) is 22.6 Å². The summed E-state index contributed by atoms with van der Waals surface area (Å²) in [6.07, 6.45) is 7.77. The second kappa shape index (κ2) is 10.9. The van der Waals surface area contributed by atoms with Gasteiger partial charge >= 0.3 is 0 Å². The van der Waals surface area contributed by atoms with Crippen LogP contribution >= 0.6 is 12.6 Å². The third-order valence-corrected chi connectivity index (χ3v) is 6.34. The fourth-order valence-corrected chi connectivity index (χ4v) is 4.63. The first-order chi connectivity index (χ1) is 14.5. The topological polar surface area (TPSA) is 63.1 Å². The maximum atomic E-state index is 13.0. The van der Waals surface area contributed by atoms with Crippen molar-refractivity contribution in [1.82, 2.24) is 15.2 Å². The Morgan fingerprint density at radius 3 is 2.77 bits per heavy atom. The normalized spacial score (nSPS) is 19.5. The van der Waals surface area contributed by atoms with E-state index in [0.29, 0.717) is 24.6 Å². The quantitative estimate of drug-likeness (QED) is 0.630. The third kappa shape index (κ3) is 5.81. The zero-order chi connectivity index (χ0) is 21.5. The van der Waals surface area contributed by atoms with E-state index in [9.17, 15) is 9.59 Å². The van der Waals surface area contributed by atoms with Crippen molar-refractivity contribution >= 4 is 35.3 Å². The Morgan fingerprint density at radius 1 is 1.23 bits per heavy atom. The summed E-state index contributed by atoms with van der Waals surface area (Å²) in [7, 11) is 0. The van der Waals surface area contributed by atoms with Gasteiger partial charge in [-0.2, -0.15) is 12.6 Å². The Balaban J connectivity index is 1.88. The van der Waals surface area contributed by atoms with Crippen LogP contribution in [0, 0.1) is 11.8 Å². The van der Waals surface area contributed by atoms with Crippen molar-refractivity contribution in [3.63, 3.8) is 0 Å². The third-order valence-electron chi connectivity index (χ3n) is 5.90. The SMILES string of the molecule is CC(C)CC(CS)C(=O)N[C@H]1Cc2cn(c3ccccc23)CCCCCCNC1=O. The molecule has 1 unspecified atom stereocenters. The van der Waals surface area contributed by atoms with E-state index in [1.165, 1.54) is 5.52 Å². The number of nitrogens with one attached hydrogen (secondary N) is 2. The van der Waals surface area contributed by atoms with Crippen LogP contribution in [-0.4, -0.2) is 34.7 Å². The highest BCUT2D eigenvalue weighted by Crippen LogP contribution is 2.24. The molecule has 5 nitrogen and oxygen atoms in total. The van der Waals surface area contributed by atoms with E-state index in [0.717, 1.165) is 49.6 Å². The summed E-state index contributed by atoms with van der Waals surface area (Å²) in [5.74, 6) is 0.526. The van der Waals surface area contributed by atoms with Gasteiger partial charge in [0.2, 0.25) is 11.8 Å². The van der Waals surface area contributed by atoms with Gasteiger partial charge in [-0.25, -0.2) is 0 Å². The minimum atomic E-state index is -0.577. The van der Waals surface area contributed by atoms with Crippen LogP contribution in [0.2, 0.25) is 0 Å². The summed E-state index contributed by atoms with van der Waals surface area (Å²) in [4.78, 5) is 25.9. The van der Waals surface area contributed by atoms with Gasteiger partial charge in [0.15, 0.2) is 0 Å². The molecular weight excluding hydrogens is 394 g/mol. The number of rotatable bonds is 5. The van der Waals surface area contributed by atoms with E-state index in [2.05, 4.69) is 66.1 Å². The lowest BCUT2D eigenvalue weighted by atomic mass is 9.97. The number of hydrogen-bond donors (Lipinski definition) is 3. The zero-order valence-electron chi connectivity index (χ0n) is 18.2. The molecule has 164 valence electrons. The summed E-state index contributed by atoms with van der Waals surface area (Å²) >= 11 is 4.38. The van der Waals surface area contributed by atoms with Gasteiger partial charge in [0.05, 0.1) is 0 Å². The molecule has 1 aromatic carbocycles. The molecule has 1 aliphatic heterocycles. The van der Waals surface area contributed by atoms with Gasteiger partial charge in [0, 0.05) is 48.3 Å². The number of benzene rings is 1. The fraction of sp³-hybridized carbons (Fsp3) is 0.583. The van der Waals surface area contributed by atoms with Crippen LogP contribution in [0.25, 0.3) is 10.9 Å². The summed E-state index contributed by atoms with van der Waals surface area (Å²) in [5.41, 5.74) is 2.31. The maximum absolute atomic E-state index is 13.0. The Kier molecular flexibility index (Phi) is 8.25. The van der Waals surface area contributed by atoms with E-state index in [1.54, 1.807) is 0 Å². The first-order valence-corrected chi connectivity index (χ1v) is 11.9. The van der Waals surface area contributed by atoms with E-state index in [-0.39, 0.29) is 17.7 Å². The molecule has 2 N–H and O–H groups in total. The van der Waals surface area contributed by atoms with E-state index in [4.69, 9.17) is 0 Å². The van der Waals surface area contributed by atoms with E-state index in [1.807, 2.05) is 6.07 Å². The fourth-order valence-electron chi connectivity index (χ4n) is 4.32. The van der Waals surface area contributed by atoms with Crippen LogP contribution in [0.1, 0.15) is 51.5 Å². The molecule has 2 atom stereocenters. The van der Waals surface area contributed by atoms with Crippen LogP contribution in [0.5, 0.6) is 0 Å². The minimum Gasteiger partial charge on any atom is -0.354 e. The Morgan fingerprint density at radius 2 is 2.00 bits per heavy atom. The summed E-state index contributed by atoms with van der Waals surface area (Å²) in [5, 5.41) is 7.25. The molecule has 6 heteroatoms. The predicted molar refractivity (Wildman–Crippen MR) is 126 cm³/mol. The van der Waals surface area contributed by atoms with Crippen LogP contribution in [0.4, 0.5) is 0 Å². The van der Waals surface area contributed by atoms with Crippen molar-refractivity contribution in [2.45, 2.75) is 65.0 Å². The molecule has 0 aliphatic carbocycles. The van der Waals surface area contributed by atoms with E-state index < -0.39 is 6.04 Å². The van der Waals surface area contributed by atoms with Crippen LogP contribution in [0.15, 0.2) is 30.5 Å². The lowest BCUT2D eigenvalue weighted by molar-refractivity contribution is -0.131. The number of hydrogen-bond acceptors (Lipinski definition) is 3. The van der Waals surface area contributed by atoms with E-state index >= 15 is 0 Å². The molecule has 0 radical (unpaired) electrons. The monoisotopic (exact) mass is 429 g/mol. The van der Waals surface area contributed by atoms with Gasteiger partial charge in [-0.1, -0.05) is 44.9 Å². The Hall–Kier alpha value is -1.95. The molecule has 1 aromatic heterocycles. The Labute approximate surface area is 185 Å². The molecule has 2 bridgehead atoms. The number of carbonyl (C=O) groups excluding carboxylic acids is 2. The average molecular weight is 430 g/mol. The first-order valence-electron chi connectivity index (χ1n) is 11.2. The summed E-state index contributed by atoms with van der Waals surface area (Å²) in [6.45, 7) is 5.84. The molecule has 30 heavy (non-hydrogen) atoms. The molecule has 1 aliphatic rings. The highest BCUT2D eigenvalue weighted by Gasteiger charge is 2.27. The number of aromatic nitrogens is 1. The van der Waals surface area contributed by atoms with Crippen molar-refractivity contribution in [2.24, 2.45) is 11.8 Å².